The van der Waals surface area contributed by atoms with Crippen LogP contribution >= 0.6 is 0 Å². The Kier molecular flexibility index (Phi) is 9.78. The van der Waals surface area contributed by atoms with Gasteiger partial charge in [-0.3, -0.25) is 4.90 Å². The number of rotatable bonds is 11. The monoisotopic (exact) mass is 381 g/mol. The van der Waals surface area contributed by atoms with Crippen LogP contribution in [-0.2, 0) is 0 Å². The van der Waals surface area contributed by atoms with Crippen LogP contribution in [0.2, 0.25) is 0 Å². The van der Waals surface area contributed by atoms with Crippen LogP contribution in [0.1, 0.15) is 34.1 Å². The van der Waals surface area contributed by atoms with E-state index < -0.39 is 0 Å². The number of nitrogens with one attached hydrogen (secondary N) is 2. The van der Waals surface area contributed by atoms with Gasteiger partial charge >= 0.3 is 6.03 Å². The number of urea groups is 1. The highest BCUT2D eigenvalue weighted by Crippen LogP contribution is 2.39. The molecular formula is C20H35N3O4. The molecule has 0 saturated heterocycles. The minimum atomic E-state index is -0.259. The molecule has 27 heavy (non-hydrogen) atoms. The summed E-state index contributed by atoms with van der Waals surface area (Å²) in [7, 11) is 4.63. The second-order valence-electron chi connectivity index (χ2n) is 6.75. The minimum Gasteiger partial charge on any atom is -0.493 e. The van der Waals surface area contributed by atoms with Gasteiger partial charge in [0.15, 0.2) is 11.5 Å². The van der Waals surface area contributed by atoms with E-state index in [0.29, 0.717) is 41.4 Å². The lowest BCUT2D eigenvalue weighted by atomic mass is 10.0. The number of ether oxygens (including phenoxy) is 3. The highest BCUT2D eigenvalue weighted by atomic mass is 16.5. The average Bonchev–Trinajstić information content (AvgIpc) is 2.65. The van der Waals surface area contributed by atoms with Gasteiger partial charge in [-0.05, 0) is 25.4 Å². The first-order valence-electron chi connectivity index (χ1n) is 9.48. The Bertz CT molecular complexity index is 564. The summed E-state index contributed by atoms with van der Waals surface area (Å²) >= 11 is 0. The summed E-state index contributed by atoms with van der Waals surface area (Å²) in [5.41, 5.74) is 0.574. The van der Waals surface area contributed by atoms with E-state index in [1.165, 1.54) is 0 Å². The van der Waals surface area contributed by atoms with Gasteiger partial charge in [0.1, 0.15) is 0 Å². The number of carbonyl (C=O) groups excluding carboxylic acids is 1. The molecule has 0 aliphatic carbocycles. The first-order valence-corrected chi connectivity index (χ1v) is 9.48. The molecule has 0 bridgehead atoms. The molecule has 1 aromatic rings. The summed E-state index contributed by atoms with van der Waals surface area (Å²) in [4.78, 5) is 14.8. The zero-order chi connectivity index (χ0) is 20.4. The Balaban J connectivity index is 2.80. The summed E-state index contributed by atoms with van der Waals surface area (Å²) < 4.78 is 15.9. The molecule has 0 fully saturated rings. The van der Waals surface area contributed by atoms with E-state index in [2.05, 4.69) is 43.2 Å². The third kappa shape index (κ3) is 6.82. The molecule has 0 unspecified atom stereocenters. The fraction of sp³-hybridized carbons (Fsp3) is 0.650. The molecule has 1 rings (SSSR count). The van der Waals surface area contributed by atoms with Gasteiger partial charge in [0.2, 0.25) is 5.75 Å². The quantitative estimate of drug-likeness (QED) is 0.613. The molecule has 7 heteroatoms. The van der Waals surface area contributed by atoms with Crippen molar-refractivity contribution >= 4 is 11.7 Å². The van der Waals surface area contributed by atoms with Gasteiger partial charge < -0.3 is 24.8 Å². The summed E-state index contributed by atoms with van der Waals surface area (Å²) in [5.74, 6) is 2.04. The van der Waals surface area contributed by atoms with Gasteiger partial charge in [-0.1, -0.05) is 27.7 Å². The number of hydrogen-bond donors (Lipinski definition) is 2. The van der Waals surface area contributed by atoms with Crippen LogP contribution in [0.4, 0.5) is 10.5 Å². The Morgan fingerprint density at radius 2 is 1.59 bits per heavy atom. The standard InChI is InChI=1S/C20H35N3O4/c1-8-23(9-2)16(10-14(3)4)13-21-20(24)22-15-11-17(25-5)19(27-7)18(12-15)26-6/h11-12,14,16H,8-10,13H2,1-7H3,(H2,21,22,24)/t16-/m1/s1. The van der Waals surface area contributed by atoms with Crippen molar-refractivity contribution in [2.45, 2.75) is 40.2 Å². The van der Waals surface area contributed by atoms with Crippen molar-refractivity contribution in [3.05, 3.63) is 12.1 Å². The Hall–Kier alpha value is -2.15. The lowest BCUT2D eigenvalue weighted by Crippen LogP contribution is -2.45. The third-order valence-electron chi connectivity index (χ3n) is 4.49. The zero-order valence-corrected chi connectivity index (χ0v) is 17.7. The number of amides is 2. The molecule has 0 aliphatic rings. The van der Waals surface area contributed by atoms with Gasteiger partial charge in [-0.25, -0.2) is 4.79 Å². The fourth-order valence-corrected chi connectivity index (χ4v) is 3.18. The summed E-state index contributed by atoms with van der Waals surface area (Å²) in [6.45, 7) is 11.2. The van der Waals surface area contributed by atoms with E-state index >= 15 is 0 Å². The molecule has 0 saturated carbocycles. The molecule has 1 atom stereocenters. The molecule has 0 aliphatic heterocycles. The number of hydrogen-bond acceptors (Lipinski definition) is 5. The van der Waals surface area contributed by atoms with Crippen molar-refractivity contribution < 1.29 is 19.0 Å². The summed E-state index contributed by atoms with van der Waals surface area (Å²) in [6.07, 6.45) is 1.03. The van der Waals surface area contributed by atoms with Crippen molar-refractivity contribution in [3.8, 4) is 17.2 Å². The van der Waals surface area contributed by atoms with Crippen molar-refractivity contribution in [3.63, 3.8) is 0 Å². The largest absolute Gasteiger partial charge is 0.493 e. The van der Waals surface area contributed by atoms with Crippen LogP contribution in [0.5, 0.6) is 17.2 Å². The molecule has 2 amide bonds. The van der Waals surface area contributed by atoms with Crippen molar-refractivity contribution in [2.75, 3.05) is 46.3 Å². The Morgan fingerprint density at radius 3 is 2.00 bits per heavy atom. The van der Waals surface area contributed by atoms with Crippen molar-refractivity contribution in [1.29, 1.82) is 0 Å². The maximum atomic E-state index is 12.4. The van der Waals surface area contributed by atoms with E-state index in [9.17, 15) is 4.79 Å². The molecule has 0 spiro atoms. The van der Waals surface area contributed by atoms with Crippen LogP contribution in [0.15, 0.2) is 12.1 Å². The average molecular weight is 382 g/mol. The normalized spacial score (nSPS) is 12.0. The molecule has 0 aromatic heterocycles. The third-order valence-corrected chi connectivity index (χ3v) is 4.49. The number of benzene rings is 1. The SMILES string of the molecule is CCN(CC)[C@@H](CNC(=O)Nc1cc(OC)c(OC)c(OC)c1)CC(C)C. The van der Waals surface area contributed by atoms with Crippen LogP contribution in [0.3, 0.4) is 0 Å². The van der Waals surface area contributed by atoms with Crippen LogP contribution < -0.4 is 24.8 Å². The van der Waals surface area contributed by atoms with Crippen LogP contribution in [0, 0.1) is 5.92 Å². The molecule has 0 radical (unpaired) electrons. The summed E-state index contributed by atoms with van der Waals surface area (Å²) in [6, 6.07) is 3.46. The van der Waals surface area contributed by atoms with Crippen molar-refractivity contribution in [2.24, 2.45) is 5.92 Å². The molecule has 1 aromatic carbocycles. The van der Waals surface area contributed by atoms with Gasteiger partial charge in [0.05, 0.1) is 27.0 Å². The second-order valence-corrected chi connectivity index (χ2v) is 6.75. The highest BCUT2D eigenvalue weighted by Gasteiger charge is 2.19. The predicted molar refractivity (Wildman–Crippen MR) is 109 cm³/mol. The molecule has 0 heterocycles. The summed E-state index contributed by atoms with van der Waals surface area (Å²) in [5, 5.41) is 5.83. The highest BCUT2D eigenvalue weighted by molar-refractivity contribution is 5.90. The van der Waals surface area contributed by atoms with E-state index in [1.54, 1.807) is 33.5 Å². The van der Waals surface area contributed by atoms with E-state index in [4.69, 9.17) is 14.2 Å². The first kappa shape index (κ1) is 22.9. The minimum absolute atomic E-state index is 0.259. The predicted octanol–water partition coefficient (Wildman–Crippen LogP) is 3.59. The smallest absolute Gasteiger partial charge is 0.319 e. The Morgan fingerprint density at radius 1 is 1.04 bits per heavy atom. The van der Waals surface area contributed by atoms with E-state index in [1.807, 2.05) is 0 Å². The van der Waals surface area contributed by atoms with Crippen molar-refractivity contribution in [1.82, 2.24) is 10.2 Å². The lowest BCUT2D eigenvalue weighted by Gasteiger charge is -2.31. The van der Waals surface area contributed by atoms with Gasteiger partial charge in [0.25, 0.3) is 0 Å². The molecule has 2 N–H and O–H groups in total. The number of nitrogens with zero attached hydrogens (tertiary/aromatic N) is 1. The van der Waals surface area contributed by atoms with Gasteiger partial charge in [-0.15, -0.1) is 0 Å². The van der Waals surface area contributed by atoms with Crippen LogP contribution in [-0.4, -0.2) is 57.9 Å². The van der Waals surface area contributed by atoms with E-state index in [0.717, 1.165) is 19.5 Å². The lowest BCUT2D eigenvalue weighted by molar-refractivity contribution is 0.186. The van der Waals surface area contributed by atoms with Gasteiger partial charge in [0, 0.05) is 24.7 Å². The second kappa shape index (κ2) is 11.5. The van der Waals surface area contributed by atoms with Crippen LogP contribution in [0.25, 0.3) is 0 Å². The maximum absolute atomic E-state index is 12.4. The number of likely N-dealkylation sites (N-methyl/N-ethyl adjacent to an activating group) is 1. The van der Waals surface area contributed by atoms with E-state index in [-0.39, 0.29) is 6.03 Å². The zero-order valence-electron chi connectivity index (χ0n) is 17.7. The molecular weight excluding hydrogens is 346 g/mol. The number of anilines is 1. The number of carbonyl (C=O) groups is 1. The maximum Gasteiger partial charge on any atom is 0.319 e. The Labute approximate surface area is 163 Å². The van der Waals surface area contributed by atoms with Gasteiger partial charge in [-0.2, -0.15) is 0 Å². The topological polar surface area (TPSA) is 72.1 Å². The first-order chi connectivity index (χ1) is 12.9. The molecule has 7 nitrogen and oxygen atoms in total. The molecule has 154 valence electrons. The fourth-order valence-electron chi connectivity index (χ4n) is 3.18. The number of methoxy groups -OCH3 is 3.